The second-order valence-electron chi connectivity index (χ2n) is 10.3. The Hall–Kier alpha value is -5.19. The Kier molecular flexibility index (Phi) is 6.87. The number of rotatable bonds is 8. The first-order valence-corrected chi connectivity index (χ1v) is 13.3. The summed E-state index contributed by atoms with van der Waals surface area (Å²) in [6.07, 6.45) is -1.91. The third-order valence-corrected chi connectivity index (χ3v) is 7.32. The normalized spacial score (nSPS) is 14.0. The van der Waals surface area contributed by atoms with Crippen LogP contribution in [0.3, 0.4) is 0 Å². The highest BCUT2D eigenvalue weighted by Crippen LogP contribution is 2.45. The Morgan fingerprint density at radius 2 is 1.77 bits per heavy atom. The lowest BCUT2D eigenvalue weighted by molar-refractivity contribution is -0.274. The van der Waals surface area contributed by atoms with Crippen LogP contribution in [0.25, 0.3) is 22.1 Å². The molecule has 3 aromatic carbocycles. The second kappa shape index (κ2) is 10.6. The molecule has 43 heavy (non-hydrogen) atoms. The van der Waals surface area contributed by atoms with Gasteiger partial charge in [-0.2, -0.15) is 0 Å². The van der Waals surface area contributed by atoms with Crippen molar-refractivity contribution in [3.63, 3.8) is 0 Å². The molecule has 11 heteroatoms. The lowest BCUT2D eigenvalue weighted by Crippen LogP contribution is -2.35. The van der Waals surface area contributed by atoms with Gasteiger partial charge in [0.2, 0.25) is 0 Å². The van der Waals surface area contributed by atoms with Gasteiger partial charge in [0.05, 0.1) is 16.8 Å². The van der Waals surface area contributed by atoms with Crippen LogP contribution < -0.4 is 15.8 Å². The average Bonchev–Trinajstić information content (AvgIpc) is 3.66. The maximum absolute atomic E-state index is 13.4. The number of carbonyl (C=O) groups is 2. The zero-order chi connectivity index (χ0) is 30.4. The number of nitrogens with one attached hydrogen (secondary N) is 1. The van der Waals surface area contributed by atoms with Crippen molar-refractivity contribution in [1.29, 1.82) is 0 Å². The number of hydrogen-bond donors (Lipinski definition) is 2. The van der Waals surface area contributed by atoms with Crippen molar-refractivity contribution in [2.75, 3.05) is 0 Å². The van der Waals surface area contributed by atoms with E-state index in [2.05, 4.69) is 15.0 Å². The van der Waals surface area contributed by atoms with Crippen LogP contribution in [0.5, 0.6) is 5.75 Å². The number of fused-ring (bicyclic) bond motifs is 1. The van der Waals surface area contributed by atoms with Gasteiger partial charge in [0, 0.05) is 29.1 Å². The molecule has 2 heterocycles. The van der Waals surface area contributed by atoms with Crippen LogP contribution in [-0.2, 0) is 12.0 Å². The SMILES string of the molecule is NC(=O)c1c(Cc2ccc(F)cc2)oc2ccc(-c3cc(C(=O)NC4(c5ccccn5)CC4)ccc3OC(F)(F)F)cc12. The number of alkyl halides is 3. The number of aromatic nitrogens is 1. The molecule has 3 N–H and O–H groups in total. The van der Waals surface area contributed by atoms with Gasteiger partial charge in [-0.25, -0.2) is 4.39 Å². The largest absolute Gasteiger partial charge is 0.573 e. The van der Waals surface area contributed by atoms with Crippen LogP contribution in [0.2, 0.25) is 0 Å². The summed E-state index contributed by atoms with van der Waals surface area (Å²) < 4.78 is 63.7. The lowest BCUT2D eigenvalue weighted by atomic mass is 9.98. The van der Waals surface area contributed by atoms with E-state index in [0.717, 1.165) is 6.07 Å². The number of furan rings is 1. The van der Waals surface area contributed by atoms with E-state index < -0.39 is 35.3 Å². The quantitative estimate of drug-likeness (QED) is 0.197. The van der Waals surface area contributed by atoms with Crippen molar-refractivity contribution in [2.24, 2.45) is 5.73 Å². The molecule has 0 spiro atoms. The Labute approximate surface area is 242 Å². The minimum Gasteiger partial charge on any atom is -0.460 e. The molecule has 2 amide bonds. The number of amides is 2. The first-order valence-electron chi connectivity index (χ1n) is 13.3. The Balaban J connectivity index is 1.40. The molecule has 0 unspecified atom stereocenters. The number of hydrogen-bond acceptors (Lipinski definition) is 5. The third-order valence-electron chi connectivity index (χ3n) is 7.32. The highest BCUT2D eigenvalue weighted by atomic mass is 19.4. The van der Waals surface area contributed by atoms with E-state index in [-0.39, 0.29) is 45.4 Å². The standard InChI is InChI=1S/C32H23F4N3O4/c33-21-8-4-18(5-9-21)15-26-28(29(37)40)23-16-19(6-10-24(23)42-26)22-17-20(7-11-25(22)43-32(34,35)36)30(41)39-31(12-13-31)27-3-1-2-14-38-27/h1-11,14,16-17H,12-13,15H2,(H2,37,40)(H,39,41). The molecule has 0 bridgehead atoms. The Morgan fingerprint density at radius 1 is 1.00 bits per heavy atom. The molecule has 5 aromatic rings. The number of nitrogens with two attached hydrogens (primary N) is 1. The highest BCUT2D eigenvalue weighted by Gasteiger charge is 2.47. The Bertz CT molecular complexity index is 1850. The molecule has 2 aromatic heterocycles. The van der Waals surface area contributed by atoms with Crippen LogP contribution in [0.1, 0.15) is 50.6 Å². The predicted molar refractivity (Wildman–Crippen MR) is 149 cm³/mol. The fourth-order valence-corrected chi connectivity index (χ4v) is 5.11. The van der Waals surface area contributed by atoms with Crippen molar-refractivity contribution in [2.45, 2.75) is 31.2 Å². The summed E-state index contributed by atoms with van der Waals surface area (Å²) in [5, 5.41) is 3.23. The number of pyridine rings is 1. The first kappa shape index (κ1) is 28.0. The molecule has 0 atom stereocenters. The third kappa shape index (κ3) is 5.78. The van der Waals surface area contributed by atoms with Gasteiger partial charge in [0.15, 0.2) is 0 Å². The van der Waals surface area contributed by atoms with Gasteiger partial charge in [-0.1, -0.05) is 24.3 Å². The monoisotopic (exact) mass is 589 g/mol. The van der Waals surface area contributed by atoms with E-state index in [1.54, 1.807) is 18.3 Å². The van der Waals surface area contributed by atoms with E-state index in [9.17, 15) is 27.2 Å². The molecule has 1 aliphatic rings. The predicted octanol–water partition coefficient (Wildman–Crippen LogP) is 6.64. The van der Waals surface area contributed by atoms with Gasteiger partial charge in [-0.3, -0.25) is 14.6 Å². The van der Waals surface area contributed by atoms with Crippen molar-refractivity contribution in [3.05, 3.63) is 119 Å². The van der Waals surface area contributed by atoms with Crippen LogP contribution in [0.15, 0.2) is 89.5 Å². The summed E-state index contributed by atoms with van der Waals surface area (Å²) in [5.74, 6) is -2.05. The zero-order valence-corrected chi connectivity index (χ0v) is 22.4. The molecule has 0 aliphatic heterocycles. The first-order chi connectivity index (χ1) is 20.5. The van der Waals surface area contributed by atoms with Gasteiger partial charge >= 0.3 is 6.36 Å². The van der Waals surface area contributed by atoms with Crippen molar-refractivity contribution in [3.8, 4) is 16.9 Å². The molecule has 0 radical (unpaired) electrons. The molecule has 1 aliphatic carbocycles. The summed E-state index contributed by atoms with van der Waals surface area (Å²) in [6.45, 7) is 0. The minimum atomic E-state index is -5.00. The average molecular weight is 590 g/mol. The van der Waals surface area contributed by atoms with Crippen LogP contribution in [0, 0.1) is 5.82 Å². The summed E-state index contributed by atoms with van der Waals surface area (Å²) in [4.78, 5) is 30.2. The smallest absolute Gasteiger partial charge is 0.460 e. The fraction of sp³-hybridized carbons (Fsp3) is 0.156. The van der Waals surface area contributed by atoms with Gasteiger partial charge < -0.3 is 20.2 Å². The van der Waals surface area contributed by atoms with Crippen LogP contribution in [-0.4, -0.2) is 23.2 Å². The van der Waals surface area contributed by atoms with E-state index in [1.807, 2.05) is 6.07 Å². The summed E-state index contributed by atoms with van der Waals surface area (Å²) in [6, 6.07) is 19.1. The highest BCUT2D eigenvalue weighted by molar-refractivity contribution is 6.07. The Morgan fingerprint density at radius 3 is 2.42 bits per heavy atom. The number of halogens is 4. The zero-order valence-electron chi connectivity index (χ0n) is 22.4. The molecule has 7 nitrogen and oxygen atoms in total. The number of benzene rings is 3. The molecule has 0 saturated heterocycles. The van der Waals surface area contributed by atoms with E-state index in [1.165, 1.54) is 54.6 Å². The summed E-state index contributed by atoms with van der Waals surface area (Å²) >= 11 is 0. The second-order valence-corrected chi connectivity index (χ2v) is 10.3. The molecular formula is C32H23F4N3O4. The molecule has 6 rings (SSSR count). The molecule has 1 fully saturated rings. The number of carbonyl (C=O) groups excluding carboxylic acids is 2. The van der Waals surface area contributed by atoms with Crippen LogP contribution in [0.4, 0.5) is 17.6 Å². The van der Waals surface area contributed by atoms with Crippen molar-refractivity contribution in [1.82, 2.24) is 10.3 Å². The van der Waals surface area contributed by atoms with Crippen molar-refractivity contribution >= 4 is 22.8 Å². The van der Waals surface area contributed by atoms with Crippen molar-refractivity contribution < 1.29 is 36.3 Å². The summed E-state index contributed by atoms with van der Waals surface area (Å²) in [7, 11) is 0. The molecule has 1 saturated carbocycles. The number of primary amides is 1. The van der Waals surface area contributed by atoms with Crippen LogP contribution >= 0.6 is 0 Å². The van der Waals surface area contributed by atoms with E-state index >= 15 is 0 Å². The van der Waals surface area contributed by atoms with E-state index in [0.29, 0.717) is 24.1 Å². The van der Waals surface area contributed by atoms with Gasteiger partial charge in [-0.15, -0.1) is 13.2 Å². The van der Waals surface area contributed by atoms with E-state index in [4.69, 9.17) is 10.2 Å². The molecular weight excluding hydrogens is 566 g/mol. The molecule has 218 valence electrons. The fourth-order valence-electron chi connectivity index (χ4n) is 5.11. The number of ether oxygens (including phenoxy) is 1. The maximum atomic E-state index is 13.4. The number of nitrogens with zero attached hydrogens (tertiary/aromatic N) is 1. The summed E-state index contributed by atoms with van der Waals surface area (Å²) in [5.41, 5.74) is 7.00. The van der Waals surface area contributed by atoms with Gasteiger partial charge in [0.1, 0.15) is 22.9 Å². The topological polar surface area (TPSA) is 107 Å². The van der Waals surface area contributed by atoms with Gasteiger partial charge in [0.25, 0.3) is 11.8 Å². The lowest BCUT2D eigenvalue weighted by Gasteiger charge is -2.18. The maximum Gasteiger partial charge on any atom is 0.573 e. The minimum absolute atomic E-state index is 0.0359. The van der Waals surface area contributed by atoms with Gasteiger partial charge in [-0.05, 0) is 78.6 Å².